The highest BCUT2D eigenvalue weighted by Crippen LogP contribution is 2.28. The zero-order valence-electron chi connectivity index (χ0n) is 18.9. The van der Waals surface area contributed by atoms with Crippen LogP contribution in [0.5, 0.6) is 5.75 Å². The van der Waals surface area contributed by atoms with Gasteiger partial charge in [0.05, 0.1) is 12.3 Å². The summed E-state index contributed by atoms with van der Waals surface area (Å²) >= 11 is 0. The topological polar surface area (TPSA) is 66.9 Å². The Hall–Kier alpha value is -3.16. The molecule has 1 aliphatic heterocycles. The van der Waals surface area contributed by atoms with E-state index in [-0.39, 0.29) is 18.2 Å². The third kappa shape index (κ3) is 5.61. The minimum atomic E-state index is -3.51. The van der Waals surface area contributed by atoms with Gasteiger partial charge in [-0.1, -0.05) is 54.1 Å². The predicted molar refractivity (Wildman–Crippen MR) is 129 cm³/mol. The Morgan fingerprint density at radius 3 is 2.42 bits per heavy atom. The lowest BCUT2D eigenvalue weighted by molar-refractivity contribution is -0.116. The van der Waals surface area contributed by atoms with E-state index in [9.17, 15) is 13.2 Å². The van der Waals surface area contributed by atoms with Gasteiger partial charge in [0.2, 0.25) is 15.9 Å². The van der Waals surface area contributed by atoms with Crippen molar-refractivity contribution in [3.8, 4) is 5.75 Å². The van der Waals surface area contributed by atoms with Gasteiger partial charge < -0.3 is 9.64 Å². The molecule has 0 radical (unpaired) electrons. The number of ether oxygens (including phenoxy) is 1. The summed E-state index contributed by atoms with van der Waals surface area (Å²) in [6.07, 6.45) is 0. The first-order chi connectivity index (χ1) is 15.8. The van der Waals surface area contributed by atoms with Crippen molar-refractivity contribution >= 4 is 21.6 Å². The molecule has 0 bridgehead atoms. The summed E-state index contributed by atoms with van der Waals surface area (Å²) in [4.78, 5) is 14.1. The summed E-state index contributed by atoms with van der Waals surface area (Å²) in [6.45, 7) is 4.77. The molecule has 6 nitrogen and oxygen atoms in total. The highest BCUT2D eigenvalue weighted by atomic mass is 32.2. The van der Waals surface area contributed by atoms with Gasteiger partial charge >= 0.3 is 0 Å². The number of nitrogens with zero attached hydrogens (tertiary/aromatic N) is 2. The van der Waals surface area contributed by atoms with Crippen LogP contribution in [0.15, 0.2) is 72.8 Å². The smallest absolute Gasteiger partial charge is 0.224 e. The first-order valence-electron chi connectivity index (χ1n) is 10.9. The first kappa shape index (κ1) is 23.0. The Kier molecular flexibility index (Phi) is 6.81. The average molecular weight is 465 g/mol. The van der Waals surface area contributed by atoms with Crippen LogP contribution >= 0.6 is 0 Å². The number of aryl methyl sites for hydroxylation is 1. The van der Waals surface area contributed by atoms with Crippen LogP contribution < -0.4 is 9.64 Å². The number of carbonyl (C=O) groups is 1. The number of fused-ring (bicyclic) bond motifs is 1. The Morgan fingerprint density at radius 2 is 1.73 bits per heavy atom. The molecular formula is C26H28N2O4S. The molecule has 0 spiro atoms. The molecule has 0 saturated heterocycles. The third-order valence-corrected chi connectivity index (χ3v) is 7.52. The average Bonchev–Trinajstić information content (AvgIpc) is 3.01. The van der Waals surface area contributed by atoms with Crippen LogP contribution in [0.4, 0.5) is 5.69 Å². The summed E-state index contributed by atoms with van der Waals surface area (Å²) in [5, 5.41) is 0. The summed E-state index contributed by atoms with van der Waals surface area (Å²) in [6, 6.07) is 22.7. The molecule has 33 heavy (non-hydrogen) atoms. The van der Waals surface area contributed by atoms with E-state index in [0.29, 0.717) is 25.4 Å². The van der Waals surface area contributed by atoms with Crippen molar-refractivity contribution in [3.05, 3.63) is 95.1 Å². The molecule has 0 saturated carbocycles. The highest BCUT2D eigenvalue weighted by molar-refractivity contribution is 7.88. The SMILES string of the molecule is CC(=O)N(Cc1ccc2c(c1)CN(S(=O)(=O)Cc1ccccc1)CCO2)c1ccc(C)cc1. The summed E-state index contributed by atoms with van der Waals surface area (Å²) < 4.78 is 33.5. The Morgan fingerprint density at radius 1 is 1.00 bits per heavy atom. The van der Waals surface area contributed by atoms with Crippen molar-refractivity contribution in [2.24, 2.45) is 0 Å². The second-order valence-corrected chi connectivity index (χ2v) is 10.3. The highest BCUT2D eigenvalue weighted by Gasteiger charge is 2.26. The number of anilines is 1. The largest absolute Gasteiger partial charge is 0.492 e. The molecule has 1 heterocycles. The second-order valence-electron chi connectivity index (χ2n) is 8.31. The third-order valence-electron chi connectivity index (χ3n) is 5.72. The summed E-state index contributed by atoms with van der Waals surface area (Å²) in [5.41, 5.74) is 4.42. The fourth-order valence-electron chi connectivity index (χ4n) is 3.93. The van der Waals surface area contributed by atoms with Crippen LogP contribution in [0.2, 0.25) is 0 Å². The minimum absolute atomic E-state index is 0.0472. The van der Waals surface area contributed by atoms with Crippen LogP contribution in [0.1, 0.15) is 29.2 Å². The van der Waals surface area contributed by atoms with Crippen LogP contribution in [0.25, 0.3) is 0 Å². The van der Waals surface area contributed by atoms with Crippen LogP contribution in [0.3, 0.4) is 0 Å². The van der Waals surface area contributed by atoms with Gasteiger partial charge in [-0.05, 0) is 42.3 Å². The van der Waals surface area contributed by atoms with Crippen molar-refractivity contribution in [1.29, 1.82) is 0 Å². The maximum Gasteiger partial charge on any atom is 0.224 e. The Bertz CT molecular complexity index is 1220. The van der Waals surface area contributed by atoms with Gasteiger partial charge in [0, 0.05) is 31.3 Å². The number of rotatable bonds is 6. The molecule has 0 aromatic heterocycles. The molecular weight excluding hydrogens is 436 g/mol. The molecule has 0 fully saturated rings. The molecule has 1 aliphatic rings. The molecule has 0 N–H and O–H groups in total. The minimum Gasteiger partial charge on any atom is -0.492 e. The lowest BCUT2D eigenvalue weighted by Crippen LogP contribution is -2.33. The number of benzene rings is 3. The second kappa shape index (κ2) is 9.77. The van der Waals surface area contributed by atoms with Gasteiger partial charge in [-0.25, -0.2) is 8.42 Å². The lowest BCUT2D eigenvalue weighted by atomic mass is 10.1. The van der Waals surface area contributed by atoms with Crippen molar-refractivity contribution in [1.82, 2.24) is 4.31 Å². The predicted octanol–water partition coefficient (Wildman–Crippen LogP) is 4.27. The summed E-state index contributed by atoms with van der Waals surface area (Å²) in [5.74, 6) is 0.576. The summed E-state index contributed by atoms with van der Waals surface area (Å²) in [7, 11) is -3.51. The standard InChI is InChI=1S/C26H28N2O4S/c1-20-8-11-25(12-9-20)28(21(2)29)17-23-10-13-26-24(16-23)18-27(14-15-32-26)33(30,31)19-22-6-4-3-5-7-22/h3-13,16H,14-15,17-19H2,1-2H3. The van der Waals surface area contributed by atoms with Crippen LogP contribution in [-0.2, 0) is 33.7 Å². The molecule has 0 unspecified atom stereocenters. The van der Waals surface area contributed by atoms with E-state index in [4.69, 9.17) is 4.74 Å². The van der Waals surface area contributed by atoms with Crippen molar-refractivity contribution in [2.75, 3.05) is 18.1 Å². The van der Waals surface area contributed by atoms with E-state index in [0.717, 1.165) is 27.9 Å². The van der Waals surface area contributed by atoms with E-state index in [1.807, 2.05) is 79.7 Å². The van der Waals surface area contributed by atoms with E-state index < -0.39 is 10.0 Å². The monoisotopic (exact) mass is 464 g/mol. The van der Waals surface area contributed by atoms with Crippen LogP contribution in [0, 0.1) is 6.92 Å². The van der Waals surface area contributed by atoms with Gasteiger partial charge in [-0.3, -0.25) is 4.79 Å². The lowest BCUT2D eigenvalue weighted by Gasteiger charge is -2.23. The number of hydrogen-bond acceptors (Lipinski definition) is 4. The van der Waals surface area contributed by atoms with Crippen molar-refractivity contribution in [3.63, 3.8) is 0 Å². The quantitative estimate of drug-likeness (QED) is 0.546. The van der Waals surface area contributed by atoms with Gasteiger partial charge in [-0.2, -0.15) is 4.31 Å². The van der Waals surface area contributed by atoms with Gasteiger partial charge in [0.25, 0.3) is 0 Å². The van der Waals surface area contributed by atoms with Gasteiger partial charge in [0.1, 0.15) is 12.4 Å². The fourth-order valence-corrected chi connectivity index (χ4v) is 5.41. The zero-order chi connectivity index (χ0) is 23.4. The number of carbonyl (C=O) groups excluding carboxylic acids is 1. The molecule has 3 aromatic rings. The number of hydrogen-bond donors (Lipinski definition) is 0. The Balaban J connectivity index is 1.56. The molecule has 0 atom stereocenters. The van der Waals surface area contributed by atoms with Crippen molar-refractivity contribution in [2.45, 2.75) is 32.7 Å². The molecule has 0 aliphatic carbocycles. The van der Waals surface area contributed by atoms with E-state index in [2.05, 4.69) is 0 Å². The van der Waals surface area contributed by atoms with E-state index in [1.54, 1.807) is 11.8 Å². The molecule has 4 rings (SSSR count). The zero-order valence-corrected chi connectivity index (χ0v) is 19.7. The normalized spacial score (nSPS) is 14.1. The maximum atomic E-state index is 13.1. The van der Waals surface area contributed by atoms with Gasteiger partial charge in [0.15, 0.2) is 0 Å². The van der Waals surface area contributed by atoms with Crippen molar-refractivity contribution < 1.29 is 17.9 Å². The number of amides is 1. The first-order valence-corrected chi connectivity index (χ1v) is 12.5. The van der Waals surface area contributed by atoms with Gasteiger partial charge in [-0.15, -0.1) is 0 Å². The Labute approximate surface area is 195 Å². The number of sulfonamides is 1. The molecule has 1 amide bonds. The van der Waals surface area contributed by atoms with E-state index >= 15 is 0 Å². The molecule has 7 heteroatoms. The molecule has 3 aromatic carbocycles. The maximum absolute atomic E-state index is 13.1. The fraction of sp³-hybridized carbons (Fsp3) is 0.269. The van der Waals surface area contributed by atoms with E-state index in [1.165, 1.54) is 4.31 Å². The molecule has 172 valence electrons. The van der Waals surface area contributed by atoms with Crippen LogP contribution in [-0.4, -0.2) is 31.8 Å².